The number of halogens is 1. The Labute approximate surface area is 181 Å². The second kappa shape index (κ2) is 11.1. The van der Waals surface area contributed by atoms with Gasteiger partial charge in [-0.3, -0.25) is 9.59 Å². The summed E-state index contributed by atoms with van der Waals surface area (Å²) in [5, 5.41) is 5.68. The molecule has 3 N–H and O–H groups in total. The van der Waals surface area contributed by atoms with Crippen LogP contribution in [-0.2, 0) is 19.6 Å². The molecule has 0 aliphatic heterocycles. The van der Waals surface area contributed by atoms with Crippen LogP contribution in [0.15, 0.2) is 33.6 Å². The number of sulfonamides is 1. The van der Waals surface area contributed by atoms with E-state index in [1.165, 1.54) is 18.6 Å². The molecule has 2 amide bonds. The smallest absolute Gasteiger partial charge is 0.241 e. The molecule has 1 aliphatic rings. The second-order valence-corrected chi connectivity index (χ2v) is 10.4. The molecule has 1 atom stereocenters. The van der Waals surface area contributed by atoms with Crippen molar-refractivity contribution in [3.8, 4) is 0 Å². The number of carbonyl (C=O) groups is 2. The SMILES string of the molecule is CC(C)[C@H](NS(=O)(=O)c1ccc(Br)cc1)C(=O)NCCC(=O)NC1CCCCC1. The number of nitrogens with one attached hydrogen (secondary N) is 3. The molecule has 0 heterocycles. The molecular formula is C20H30BrN3O4S. The molecular weight excluding hydrogens is 458 g/mol. The average molecular weight is 488 g/mol. The molecule has 0 aromatic heterocycles. The van der Waals surface area contributed by atoms with Crippen LogP contribution in [0.1, 0.15) is 52.4 Å². The van der Waals surface area contributed by atoms with E-state index in [2.05, 4.69) is 31.3 Å². The van der Waals surface area contributed by atoms with Gasteiger partial charge in [0.15, 0.2) is 0 Å². The molecule has 9 heteroatoms. The highest BCUT2D eigenvalue weighted by molar-refractivity contribution is 9.10. The maximum atomic E-state index is 12.6. The summed E-state index contributed by atoms with van der Waals surface area (Å²) in [5.74, 6) is -0.781. The highest BCUT2D eigenvalue weighted by Gasteiger charge is 2.28. The van der Waals surface area contributed by atoms with Crippen molar-refractivity contribution < 1.29 is 18.0 Å². The summed E-state index contributed by atoms with van der Waals surface area (Å²) in [6.07, 6.45) is 5.67. The molecule has 162 valence electrons. The Bertz CT molecular complexity index is 790. The molecule has 1 fully saturated rings. The van der Waals surface area contributed by atoms with Crippen molar-refractivity contribution in [2.45, 2.75) is 69.4 Å². The summed E-state index contributed by atoms with van der Waals surface area (Å²) in [4.78, 5) is 24.7. The second-order valence-electron chi connectivity index (χ2n) is 7.74. The molecule has 1 aromatic carbocycles. The average Bonchev–Trinajstić information content (AvgIpc) is 2.67. The number of rotatable bonds is 9. The van der Waals surface area contributed by atoms with Gasteiger partial charge in [-0.05, 0) is 43.0 Å². The zero-order valence-electron chi connectivity index (χ0n) is 16.9. The summed E-state index contributed by atoms with van der Waals surface area (Å²) < 4.78 is 28.4. The van der Waals surface area contributed by atoms with Crippen molar-refractivity contribution in [2.24, 2.45) is 5.92 Å². The van der Waals surface area contributed by atoms with Gasteiger partial charge in [0.1, 0.15) is 6.04 Å². The van der Waals surface area contributed by atoms with Gasteiger partial charge in [-0.15, -0.1) is 0 Å². The Morgan fingerprint density at radius 3 is 2.31 bits per heavy atom. The summed E-state index contributed by atoms with van der Waals surface area (Å²) >= 11 is 3.27. The minimum Gasteiger partial charge on any atom is -0.354 e. The number of carbonyl (C=O) groups excluding carboxylic acids is 2. The van der Waals surface area contributed by atoms with Crippen LogP contribution in [0.3, 0.4) is 0 Å². The topological polar surface area (TPSA) is 104 Å². The van der Waals surface area contributed by atoms with E-state index in [-0.39, 0.29) is 35.7 Å². The number of amides is 2. The fraction of sp³-hybridized carbons (Fsp3) is 0.600. The third-order valence-electron chi connectivity index (χ3n) is 4.98. The van der Waals surface area contributed by atoms with Crippen molar-refractivity contribution in [3.63, 3.8) is 0 Å². The Hall–Kier alpha value is -1.45. The van der Waals surface area contributed by atoms with Crippen LogP contribution in [-0.4, -0.2) is 38.9 Å². The lowest BCUT2D eigenvalue weighted by atomic mass is 9.95. The van der Waals surface area contributed by atoms with Crippen LogP contribution < -0.4 is 15.4 Å². The highest BCUT2D eigenvalue weighted by Crippen LogP contribution is 2.18. The van der Waals surface area contributed by atoms with Gasteiger partial charge in [0, 0.05) is 23.5 Å². The van der Waals surface area contributed by atoms with Gasteiger partial charge in [-0.1, -0.05) is 49.0 Å². The van der Waals surface area contributed by atoms with Crippen LogP contribution in [0.5, 0.6) is 0 Å². The standard InChI is InChI=1S/C20H30BrN3O4S/c1-14(2)19(24-29(27,28)17-10-8-15(21)9-11-17)20(26)22-13-12-18(25)23-16-6-4-3-5-7-16/h8-11,14,16,19,24H,3-7,12-13H2,1-2H3,(H,22,26)(H,23,25)/t19-/m0/s1. The van der Waals surface area contributed by atoms with E-state index in [1.54, 1.807) is 26.0 Å². The van der Waals surface area contributed by atoms with E-state index in [0.29, 0.717) is 0 Å². The molecule has 1 aromatic rings. The van der Waals surface area contributed by atoms with E-state index < -0.39 is 22.0 Å². The lowest BCUT2D eigenvalue weighted by Gasteiger charge is -2.23. The van der Waals surface area contributed by atoms with E-state index in [0.717, 1.165) is 30.2 Å². The normalized spacial score (nSPS) is 16.4. The molecule has 0 radical (unpaired) electrons. The maximum Gasteiger partial charge on any atom is 0.241 e. The first-order valence-corrected chi connectivity index (χ1v) is 12.3. The van der Waals surface area contributed by atoms with E-state index in [4.69, 9.17) is 0 Å². The van der Waals surface area contributed by atoms with Gasteiger partial charge in [-0.25, -0.2) is 8.42 Å². The lowest BCUT2D eigenvalue weighted by molar-refractivity contribution is -0.124. The number of benzene rings is 1. The molecule has 2 rings (SSSR count). The number of hydrogen-bond donors (Lipinski definition) is 3. The molecule has 0 saturated heterocycles. The van der Waals surface area contributed by atoms with Gasteiger partial charge in [0.2, 0.25) is 21.8 Å². The van der Waals surface area contributed by atoms with Crippen LogP contribution in [0.25, 0.3) is 0 Å². The molecule has 0 bridgehead atoms. The van der Waals surface area contributed by atoms with Crippen molar-refractivity contribution in [2.75, 3.05) is 6.54 Å². The van der Waals surface area contributed by atoms with Crippen molar-refractivity contribution in [3.05, 3.63) is 28.7 Å². The molecule has 29 heavy (non-hydrogen) atoms. The van der Waals surface area contributed by atoms with Crippen molar-refractivity contribution in [1.29, 1.82) is 0 Å². The highest BCUT2D eigenvalue weighted by atomic mass is 79.9. The quantitative estimate of drug-likeness (QED) is 0.497. The predicted octanol–water partition coefficient (Wildman–Crippen LogP) is 2.71. The van der Waals surface area contributed by atoms with Gasteiger partial charge >= 0.3 is 0 Å². The number of hydrogen-bond acceptors (Lipinski definition) is 4. The van der Waals surface area contributed by atoms with Crippen molar-refractivity contribution >= 4 is 37.8 Å². The van der Waals surface area contributed by atoms with E-state index in [9.17, 15) is 18.0 Å². The third kappa shape index (κ3) is 7.71. The fourth-order valence-electron chi connectivity index (χ4n) is 3.30. The lowest BCUT2D eigenvalue weighted by Crippen LogP contribution is -2.50. The van der Waals surface area contributed by atoms with E-state index >= 15 is 0 Å². The zero-order chi connectivity index (χ0) is 21.4. The van der Waals surface area contributed by atoms with Crippen LogP contribution in [0.4, 0.5) is 0 Å². The van der Waals surface area contributed by atoms with Gasteiger partial charge in [0.25, 0.3) is 0 Å². The fourth-order valence-corrected chi connectivity index (χ4v) is 4.91. The summed E-state index contributed by atoms with van der Waals surface area (Å²) in [6, 6.07) is 5.50. The molecule has 0 spiro atoms. The summed E-state index contributed by atoms with van der Waals surface area (Å²) in [6.45, 7) is 3.70. The largest absolute Gasteiger partial charge is 0.354 e. The van der Waals surface area contributed by atoms with Crippen LogP contribution in [0, 0.1) is 5.92 Å². The Morgan fingerprint density at radius 1 is 1.10 bits per heavy atom. The van der Waals surface area contributed by atoms with Gasteiger partial charge in [-0.2, -0.15) is 4.72 Å². The first-order valence-electron chi connectivity index (χ1n) is 10.0. The molecule has 1 aliphatic carbocycles. The summed E-state index contributed by atoms with van der Waals surface area (Å²) in [5.41, 5.74) is 0. The molecule has 7 nitrogen and oxygen atoms in total. The van der Waals surface area contributed by atoms with E-state index in [1.807, 2.05) is 0 Å². The van der Waals surface area contributed by atoms with Crippen LogP contribution in [0.2, 0.25) is 0 Å². The minimum absolute atomic E-state index is 0.0889. The first kappa shape index (κ1) is 23.8. The zero-order valence-corrected chi connectivity index (χ0v) is 19.3. The molecule has 0 unspecified atom stereocenters. The van der Waals surface area contributed by atoms with Crippen LogP contribution >= 0.6 is 15.9 Å². The first-order chi connectivity index (χ1) is 13.7. The van der Waals surface area contributed by atoms with Gasteiger partial charge in [0.05, 0.1) is 4.90 Å². The predicted molar refractivity (Wildman–Crippen MR) is 116 cm³/mol. The Kier molecular flexibility index (Phi) is 9.10. The Morgan fingerprint density at radius 2 is 1.72 bits per heavy atom. The third-order valence-corrected chi connectivity index (χ3v) is 6.96. The maximum absolute atomic E-state index is 12.6. The monoisotopic (exact) mass is 487 g/mol. The Balaban J connectivity index is 1.86. The molecule has 1 saturated carbocycles. The summed E-state index contributed by atoms with van der Waals surface area (Å²) in [7, 11) is -3.84. The van der Waals surface area contributed by atoms with Gasteiger partial charge < -0.3 is 10.6 Å². The van der Waals surface area contributed by atoms with Crippen molar-refractivity contribution in [1.82, 2.24) is 15.4 Å². The minimum atomic E-state index is -3.84.